The number of anilines is 2. The van der Waals surface area contributed by atoms with Gasteiger partial charge < -0.3 is 14.8 Å². The summed E-state index contributed by atoms with van der Waals surface area (Å²) >= 11 is 0. The molecule has 4 heterocycles. The second-order valence-electron chi connectivity index (χ2n) is 6.69. The predicted octanol–water partition coefficient (Wildman–Crippen LogP) is 1.83. The van der Waals surface area contributed by atoms with Gasteiger partial charge in [0.1, 0.15) is 5.82 Å². The monoisotopic (exact) mass is 324 g/mol. The molecule has 2 atom stereocenters. The van der Waals surface area contributed by atoms with Gasteiger partial charge in [0.25, 0.3) is 5.56 Å². The molecule has 1 saturated heterocycles. The van der Waals surface area contributed by atoms with Gasteiger partial charge in [-0.1, -0.05) is 6.07 Å². The van der Waals surface area contributed by atoms with Crippen molar-refractivity contribution in [3.8, 4) is 0 Å². The third kappa shape index (κ3) is 2.68. The maximum absolute atomic E-state index is 12.1. The third-order valence-electron chi connectivity index (χ3n) is 4.87. The van der Waals surface area contributed by atoms with Crippen LogP contribution in [0.4, 0.5) is 11.5 Å². The van der Waals surface area contributed by atoms with E-state index < -0.39 is 0 Å². The Balaban J connectivity index is 1.58. The van der Waals surface area contributed by atoms with Crippen molar-refractivity contribution in [3.05, 3.63) is 52.6 Å². The summed E-state index contributed by atoms with van der Waals surface area (Å²) in [6.45, 7) is 4.04. The number of nitrogens with zero attached hydrogens (tertiary/aromatic N) is 3. The summed E-state index contributed by atoms with van der Waals surface area (Å²) in [6, 6.07) is 9.40. The molecule has 2 aromatic heterocycles. The molecule has 6 heteroatoms. The van der Waals surface area contributed by atoms with E-state index in [1.165, 1.54) is 6.92 Å². The van der Waals surface area contributed by atoms with E-state index in [0.717, 1.165) is 37.6 Å². The number of nitrogens with one attached hydrogen (secondary N) is 1. The highest BCUT2D eigenvalue weighted by Crippen LogP contribution is 2.36. The molecule has 2 aromatic rings. The fourth-order valence-corrected chi connectivity index (χ4v) is 3.93. The van der Waals surface area contributed by atoms with Gasteiger partial charge in [0.15, 0.2) is 0 Å². The lowest BCUT2D eigenvalue weighted by Gasteiger charge is -2.43. The van der Waals surface area contributed by atoms with Gasteiger partial charge in [-0.15, -0.1) is 0 Å². The fraction of sp³-hybridized carbons (Fsp3) is 0.389. The number of hydrogen-bond donors (Lipinski definition) is 1. The van der Waals surface area contributed by atoms with Crippen LogP contribution in [-0.4, -0.2) is 28.5 Å². The SMILES string of the molecule is CC(=O)Nc1ccc(N2C[C@@H]3C[C@H](C2)c2cccc(=O)n2C3)nc1. The molecule has 0 aliphatic carbocycles. The minimum atomic E-state index is -0.0981. The van der Waals surface area contributed by atoms with Crippen molar-refractivity contribution >= 4 is 17.4 Å². The molecular weight excluding hydrogens is 304 g/mol. The molecule has 0 aromatic carbocycles. The molecule has 1 amide bonds. The average molecular weight is 324 g/mol. The van der Waals surface area contributed by atoms with E-state index in [-0.39, 0.29) is 11.5 Å². The van der Waals surface area contributed by atoms with E-state index in [2.05, 4.69) is 21.3 Å². The standard InChI is InChI=1S/C18H20N4O2/c1-12(23)20-15-5-6-17(19-8-15)21-9-13-7-14(11-21)16-3-2-4-18(24)22(16)10-13/h2-6,8,13-14H,7,9-11H2,1H3,(H,20,23)/t13-,14+/m0/s1. The first-order valence-electron chi connectivity index (χ1n) is 8.28. The van der Waals surface area contributed by atoms with E-state index in [4.69, 9.17) is 0 Å². The molecule has 2 aliphatic heterocycles. The van der Waals surface area contributed by atoms with Gasteiger partial charge in [-0.05, 0) is 30.5 Å². The van der Waals surface area contributed by atoms with Gasteiger partial charge in [0.2, 0.25) is 5.91 Å². The van der Waals surface area contributed by atoms with E-state index in [0.29, 0.717) is 17.5 Å². The summed E-state index contributed by atoms with van der Waals surface area (Å²) in [5, 5.41) is 2.74. The summed E-state index contributed by atoms with van der Waals surface area (Å²) in [6.07, 6.45) is 2.82. The molecule has 4 rings (SSSR count). The summed E-state index contributed by atoms with van der Waals surface area (Å²) in [5.41, 5.74) is 1.95. The third-order valence-corrected chi connectivity index (χ3v) is 4.87. The topological polar surface area (TPSA) is 67.2 Å². The Kier molecular flexibility index (Phi) is 3.59. The largest absolute Gasteiger partial charge is 0.356 e. The number of amides is 1. The van der Waals surface area contributed by atoms with Crippen molar-refractivity contribution in [2.24, 2.45) is 5.92 Å². The van der Waals surface area contributed by atoms with Crippen LogP contribution >= 0.6 is 0 Å². The van der Waals surface area contributed by atoms with Crippen LogP contribution in [0, 0.1) is 5.92 Å². The summed E-state index contributed by atoms with van der Waals surface area (Å²) < 4.78 is 1.93. The molecule has 124 valence electrons. The first kappa shape index (κ1) is 14.9. The first-order chi connectivity index (χ1) is 11.6. The Morgan fingerprint density at radius 3 is 2.83 bits per heavy atom. The van der Waals surface area contributed by atoms with Crippen molar-refractivity contribution in [2.75, 3.05) is 23.3 Å². The van der Waals surface area contributed by atoms with Crippen LogP contribution in [0.2, 0.25) is 0 Å². The predicted molar refractivity (Wildman–Crippen MR) is 92.3 cm³/mol. The highest BCUT2D eigenvalue weighted by atomic mass is 16.1. The van der Waals surface area contributed by atoms with Crippen molar-refractivity contribution in [2.45, 2.75) is 25.8 Å². The maximum atomic E-state index is 12.1. The Labute approximate surface area is 140 Å². The van der Waals surface area contributed by atoms with Crippen molar-refractivity contribution in [3.63, 3.8) is 0 Å². The maximum Gasteiger partial charge on any atom is 0.250 e. The number of carbonyl (C=O) groups excluding carboxylic acids is 1. The average Bonchev–Trinajstić information content (AvgIpc) is 2.56. The Morgan fingerprint density at radius 1 is 1.21 bits per heavy atom. The zero-order chi connectivity index (χ0) is 16.7. The second-order valence-corrected chi connectivity index (χ2v) is 6.69. The summed E-state index contributed by atoms with van der Waals surface area (Å²) in [4.78, 5) is 30.0. The van der Waals surface area contributed by atoms with Crippen LogP contribution < -0.4 is 15.8 Å². The van der Waals surface area contributed by atoms with Gasteiger partial charge >= 0.3 is 0 Å². The minimum Gasteiger partial charge on any atom is -0.356 e. The van der Waals surface area contributed by atoms with Crippen molar-refractivity contribution in [1.82, 2.24) is 9.55 Å². The quantitative estimate of drug-likeness (QED) is 0.915. The van der Waals surface area contributed by atoms with Gasteiger partial charge in [-0.3, -0.25) is 9.59 Å². The van der Waals surface area contributed by atoms with E-state index >= 15 is 0 Å². The lowest BCUT2D eigenvalue weighted by molar-refractivity contribution is -0.114. The van der Waals surface area contributed by atoms with Crippen LogP contribution in [0.25, 0.3) is 0 Å². The number of rotatable bonds is 2. The van der Waals surface area contributed by atoms with Crippen LogP contribution in [-0.2, 0) is 11.3 Å². The minimum absolute atomic E-state index is 0.0981. The molecule has 6 nitrogen and oxygen atoms in total. The molecule has 1 fully saturated rings. The number of hydrogen-bond acceptors (Lipinski definition) is 4. The highest BCUT2D eigenvalue weighted by molar-refractivity contribution is 5.88. The molecule has 0 unspecified atom stereocenters. The number of piperidine rings is 1. The van der Waals surface area contributed by atoms with Gasteiger partial charge in [0.05, 0.1) is 11.9 Å². The Hall–Kier alpha value is -2.63. The van der Waals surface area contributed by atoms with Gasteiger partial charge in [-0.25, -0.2) is 4.98 Å². The number of fused-ring (bicyclic) bond motifs is 4. The van der Waals surface area contributed by atoms with E-state index in [1.807, 2.05) is 22.8 Å². The number of aromatic nitrogens is 2. The molecule has 24 heavy (non-hydrogen) atoms. The van der Waals surface area contributed by atoms with Crippen LogP contribution in [0.3, 0.4) is 0 Å². The van der Waals surface area contributed by atoms with Crippen LogP contribution in [0.1, 0.15) is 25.0 Å². The summed E-state index contributed by atoms with van der Waals surface area (Å²) in [7, 11) is 0. The number of carbonyl (C=O) groups is 1. The van der Waals surface area contributed by atoms with E-state index in [1.54, 1.807) is 12.3 Å². The van der Waals surface area contributed by atoms with Gasteiger partial charge in [0, 0.05) is 44.2 Å². The summed E-state index contributed by atoms with van der Waals surface area (Å²) in [5.74, 6) is 1.65. The zero-order valence-electron chi connectivity index (χ0n) is 13.6. The van der Waals surface area contributed by atoms with E-state index in [9.17, 15) is 9.59 Å². The Bertz CT molecular complexity index is 828. The van der Waals surface area contributed by atoms with Crippen molar-refractivity contribution < 1.29 is 4.79 Å². The molecule has 0 saturated carbocycles. The number of pyridine rings is 2. The molecule has 2 bridgehead atoms. The highest BCUT2D eigenvalue weighted by Gasteiger charge is 2.34. The first-order valence-corrected chi connectivity index (χ1v) is 8.28. The van der Waals surface area contributed by atoms with Gasteiger partial charge in [-0.2, -0.15) is 0 Å². The Morgan fingerprint density at radius 2 is 2.08 bits per heavy atom. The van der Waals surface area contributed by atoms with Crippen LogP contribution in [0.5, 0.6) is 0 Å². The molecular formula is C18H20N4O2. The normalized spacial score (nSPS) is 22.0. The molecule has 1 N–H and O–H groups in total. The fourth-order valence-electron chi connectivity index (χ4n) is 3.93. The van der Waals surface area contributed by atoms with Crippen LogP contribution in [0.15, 0.2) is 41.3 Å². The molecule has 0 spiro atoms. The lowest BCUT2D eigenvalue weighted by Crippen LogP contribution is -2.47. The molecule has 2 aliphatic rings. The second kappa shape index (κ2) is 5.78. The smallest absolute Gasteiger partial charge is 0.250 e. The zero-order valence-corrected chi connectivity index (χ0v) is 13.6. The lowest BCUT2D eigenvalue weighted by atomic mass is 9.83. The van der Waals surface area contributed by atoms with Crippen molar-refractivity contribution in [1.29, 1.82) is 0 Å². The molecule has 0 radical (unpaired) electrons.